The van der Waals surface area contributed by atoms with Crippen LogP contribution in [0.25, 0.3) is 11.0 Å². The number of ether oxygens (including phenoxy) is 1. The van der Waals surface area contributed by atoms with Crippen LogP contribution in [0.3, 0.4) is 0 Å². The minimum atomic E-state index is -0.0948. The highest BCUT2D eigenvalue weighted by atomic mass is 35.5. The zero-order valence-electron chi connectivity index (χ0n) is 20.7. The van der Waals surface area contributed by atoms with Crippen LogP contribution in [0.1, 0.15) is 38.9 Å². The number of nitrogens with zero attached hydrogens (tertiary/aromatic N) is 2. The van der Waals surface area contributed by atoms with E-state index in [-0.39, 0.29) is 12.0 Å². The predicted molar refractivity (Wildman–Crippen MR) is 143 cm³/mol. The van der Waals surface area contributed by atoms with Gasteiger partial charge in [-0.1, -0.05) is 71.8 Å². The summed E-state index contributed by atoms with van der Waals surface area (Å²) in [6.45, 7) is 8.20. The second-order valence-corrected chi connectivity index (χ2v) is 9.92. The number of fused-ring (bicyclic) bond motifs is 1. The molecule has 1 fully saturated rings. The first-order valence-electron chi connectivity index (χ1n) is 12.4. The lowest BCUT2D eigenvalue weighted by atomic mass is 10.1. The second kappa shape index (κ2) is 10.9. The van der Waals surface area contributed by atoms with Crippen molar-refractivity contribution in [3.05, 3.63) is 106 Å². The molecule has 5 nitrogen and oxygen atoms in total. The third kappa shape index (κ3) is 5.49. The van der Waals surface area contributed by atoms with Gasteiger partial charge in [-0.15, -0.1) is 0 Å². The van der Waals surface area contributed by atoms with Crippen molar-refractivity contribution < 1.29 is 13.9 Å². The Morgan fingerprint density at radius 3 is 2.44 bits per heavy atom. The fraction of sp³-hybridized carbons (Fsp3) is 0.300. The van der Waals surface area contributed by atoms with E-state index in [1.807, 2.05) is 60.4 Å². The Balaban J connectivity index is 1.24. The van der Waals surface area contributed by atoms with E-state index in [4.69, 9.17) is 20.8 Å². The van der Waals surface area contributed by atoms with Crippen LogP contribution in [0, 0.1) is 13.8 Å². The Hall–Kier alpha value is -3.12. The van der Waals surface area contributed by atoms with Gasteiger partial charge >= 0.3 is 0 Å². The zero-order chi connectivity index (χ0) is 25.1. The molecule has 2 heterocycles. The standard InChI is InChI=1S/C30H31ClN2O3/c1-21-6-5-7-23(18-21)20-35-28(24-10-12-25(31)13-11-24)19-32-14-16-33(17-15-32)30(34)29-22(2)26-8-3-4-9-27(26)36-29/h3-13,18,28H,14-17,19-20H2,1-2H3/t28-/m0/s1. The highest BCUT2D eigenvalue weighted by Gasteiger charge is 2.28. The largest absolute Gasteiger partial charge is 0.451 e. The molecule has 4 aromatic rings. The summed E-state index contributed by atoms with van der Waals surface area (Å²) in [4.78, 5) is 17.5. The average molecular weight is 503 g/mol. The van der Waals surface area contributed by atoms with E-state index >= 15 is 0 Å². The number of halogens is 1. The number of benzene rings is 3. The van der Waals surface area contributed by atoms with Crippen LogP contribution in [-0.4, -0.2) is 48.4 Å². The minimum absolute atomic E-state index is 0.0340. The lowest BCUT2D eigenvalue weighted by Crippen LogP contribution is -2.49. The lowest BCUT2D eigenvalue weighted by molar-refractivity contribution is 0.00310. The summed E-state index contributed by atoms with van der Waals surface area (Å²) in [5, 5.41) is 1.71. The summed E-state index contributed by atoms with van der Waals surface area (Å²) in [5.74, 6) is 0.415. The quantitative estimate of drug-likeness (QED) is 0.292. The van der Waals surface area contributed by atoms with Gasteiger partial charge in [-0.05, 0) is 43.2 Å². The van der Waals surface area contributed by atoms with Crippen molar-refractivity contribution in [2.45, 2.75) is 26.6 Å². The molecule has 0 radical (unpaired) electrons. The van der Waals surface area contributed by atoms with Gasteiger partial charge < -0.3 is 14.1 Å². The maximum Gasteiger partial charge on any atom is 0.289 e. The number of amides is 1. The number of piperazine rings is 1. The van der Waals surface area contributed by atoms with Crippen LogP contribution >= 0.6 is 11.6 Å². The molecule has 0 N–H and O–H groups in total. The number of rotatable bonds is 7. The van der Waals surface area contributed by atoms with Crippen molar-refractivity contribution in [3.8, 4) is 0 Å². The van der Waals surface area contributed by atoms with E-state index in [1.165, 1.54) is 5.56 Å². The van der Waals surface area contributed by atoms with Crippen LogP contribution in [-0.2, 0) is 11.3 Å². The summed E-state index contributed by atoms with van der Waals surface area (Å²) >= 11 is 6.14. The van der Waals surface area contributed by atoms with Gasteiger partial charge in [0.1, 0.15) is 5.58 Å². The van der Waals surface area contributed by atoms with E-state index < -0.39 is 0 Å². The summed E-state index contributed by atoms with van der Waals surface area (Å²) in [6, 6.07) is 24.1. The van der Waals surface area contributed by atoms with Crippen LogP contribution in [0.2, 0.25) is 5.02 Å². The van der Waals surface area contributed by atoms with Gasteiger partial charge in [0.25, 0.3) is 5.91 Å². The normalized spacial score (nSPS) is 15.4. The van der Waals surface area contributed by atoms with Gasteiger partial charge in [-0.25, -0.2) is 0 Å². The first-order chi connectivity index (χ1) is 17.5. The van der Waals surface area contributed by atoms with Crippen LogP contribution in [0.4, 0.5) is 0 Å². The number of para-hydroxylation sites is 1. The van der Waals surface area contributed by atoms with Gasteiger partial charge in [-0.2, -0.15) is 0 Å². The molecule has 0 bridgehead atoms. The molecule has 0 unspecified atom stereocenters. The minimum Gasteiger partial charge on any atom is -0.451 e. The monoisotopic (exact) mass is 502 g/mol. The molecular formula is C30H31ClN2O3. The molecule has 0 saturated carbocycles. The summed E-state index contributed by atoms with van der Waals surface area (Å²) in [7, 11) is 0. The Labute approximate surface area is 217 Å². The molecule has 6 heteroatoms. The molecule has 1 saturated heterocycles. The summed E-state index contributed by atoms with van der Waals surface area (Å²) < 4.78 is 12.3. The van der Waals surface area contributed by atoms with Crippen LogP contribution in [0.15, 0.2) is 77.2 Å². The van der Waals surface area contributed by atoms with Crippen LogP contribution < -0.4 is 0 Å². The van der Waals surface area contributed by atoms with E-state index in [9.17, 15) is 4.79 Å². The molecular weight excluding hydrogens is 472 g/mol. The van der Waals surface area contributed by atoms with Crippen molar-refractivity contribution in [1.29, 1.82) is 0 Å². The molecule has 1 aromatic heterocycles. The van der Waals surface area contributed by atoms with Gasteiger partial charge in [0, 0.05) is 48.7 Å². The lowest BCUT2D eigenvalue weighted by Gasteiger charge is -2.36. The van der Waals surface area contributed by atoms with E-state index in [0.29, 0.717) is 30.5 Å². The first-order valence-corrected chi connectivity index (χ1v) is 12.8. The first kappa shape index (κ1) is 24.6. The van der Waals surface area contributed by atoms with E-state index in [2.05, 4.69) is 36.1 Å². The molecule has 36 heavy (non-hydrogen) atoms. The van der Waals surface area contributed by atoms with E-state index in [0.717, 1.165) is 47.3 Å². The highest BCUT2D eigenvalue weighted by molar-refractivity contribution is 6.30. The van der Waals surface area contributed by atoms with Gasteiger partial charge in [0.2, 0.25) is 0 Å². The van der Waals surface area contributed by atoms with Gasteiger partial charge in [0.15, 0.2) is 5.76 Å². The molecule has 1 atom stereocenters. The summed E-state index contributed by atoms with van der Waals surface area (Å²) in [6.07, 6.45) is -0.0948. The number of aryl methyl sites for hydroxylation is 2. The molecule has 186 valence electrons. The third-order valence-corrected chi connectivity index (χ3v) is 7.15. The zero-order valence-corrected chi connectivity index (χ0v) is 21.5. The van der Waals surface area contributed by atoms with Crippen molar-refractivity contribution in [2.24, 2.45) is 0 Å². The fourth-order valence-electron chi connectivity index (χ4n) is 4.82. The smallest absolute Gasteiger partial charge is 0.289 e. The maximum atomic E-state index is 13.2. The second-order valence-electron chi connectivity index (χ2n) is 9.49. The number of hydrogen-bond donors (Lipinski definition) is 0. The third-order valence-electron chi connectivity index (χ3n) is 6.90. The molecule has 3 aromatic carbocycles. The molecule has 0 spiro atoms. The van der Waals surface area contributed by atoms with Crippen molar-refractivity contribution in [2.75, 3.05) is 32.7 Å². The molecule has 1 amide bonds. The Morgan fingerprint density at radius 1 is 0.972 bits per heavy atom. The number of carbonyl (C=O) groups excluding carboxylic acids is 1. The summed E-state index contributed by atoms with van der Waals surface area (Å²) in [5.41, 5.74) is 5.15. The maximum absolute atomic E-state index is 13.2. The molecule has 1 aliphatic heterocycles. The SMILES string of the molecule is Cc1cccc(CO[C@@H](CN2CCN(C(=O)c3oc4ccccc4c3C)CC2)c2ccc(Cl)cc2)c1. The van der Waals surface area contributed by atoms with Crippen LogP contribution in [0.5, 0.6) is 0 Å². The van der Waals surface area contributed by atoms with Crippen molar-refractivity contribution in [3.63, 3.8) is 0 Å². The van der Waals surface area contributed by atoms with Crippen molar-refractivity contribution in [1.82, 2.24) is 9.80 Å². The highest BCUT2D eigenvalue weighted by Crippen LogP contribution is 2.27. The number of carbonyl (C=O) groups is 1. The Kier molecular flexibility index (Phi) is 7.42. The molecule has 0 aliphatic carbocycles. The predicted octanol–water partition coefficient (Wildman–Crippen LogP) is 6.42. The van der Waals surface area contributed by atoms with Gasteiger partial charge in [-0.3, -0.25) is 9.69 Å². The topological polar surface area (TPSA) is 45.9 Å². The molecule has 1 aliphatic rings. The van der Waals surface area contributed by atoms with Crippen molar-refractivity contribution >= 4 is 28.5 Å². The van der Waals surface area contributed by atoms with Gasteiger partial charge in [0.05, 0.1) is 12.7 Å². The van der Waals surface area contributed by atoms with E-state index in [1.54, 1.807) is 0 Å². The Morgan fingerprint density at radius 2 is 1.72 bits per heavy atom. The Bertz CT molecular complexity index is 1340. The number of furan rings is 1. The average Bonchev–Trinajstić information content (AvgIpc) is 3.23. The molecule has 5 rings (SSSR count). The number of hydrogen-bond acceptors (Lipinski definition) is 4. The fourth-order valence-corrected chi connectivity index (χ4v) is 4.95.